The maximum atomic E-state index is 12.6. The molecule has 28 heavy (non-hydrogen) atoms. The van der Waals surface area contributed by atoms with Crippen molar-refractivity contribution in [3.8, 4) is 0 Å². The monoisotopic (exact) mass is 382 g/mol. The Labute approximate surface area is 164 Å². The van der Waals surface area contributed by atoms with Crippen LogP contribution in [0.5, 0.6) is 0 Å². The Balaban J connectivity index is 2.03. The Bertz CT molecular complexity index is 820. The average molecular weight is 382 g/mol. The Morgan fingerprint density at radius 2 is 1.61 bits per heavy atom. The van der Waals surface area contributed by atoms with E-state index in [1.165, 1.54) is 0 Å². The van der Waals surface area contributed by atoms with Crippen LogP contribution in [-0.4, -0.2) is 30.3 Å². The first-order chi connectivity index (χ1) is 13.4. The zero-order chi connectivity index (χ0) is 20.5. The fourth-order valence-corrected chi connectivity index (χ4v) is 2.73. The third-order valence-electron chi connectivity index (χ3n) is 4.51. The van der Waals surface area contributed by atoms with Gasteiger partial charge < -0.3 is 16.2 Å². The number of nitrogens with two attached hydrogens (primary N) is 2. The highest BCUT2D eigenvalue weighted by Gasteiger charge is 2.24. The van der Waals surface area contributed by atoms with Gasteiger partial charge in [0.1, 0.15) is 6.04 Å². The molecule has 2 aromatic carbocycles. The summed E-state index contributed by atoms with van der Waals surface area (Å²) in [5.41, 5.74) is 12.8. The zero-order valence-electron chi connectivity index (χ0n) is 16.0. The molecule has 0 aliphatic rings. The molecule has 0 saturated heterocycles. The Hall–Kier alpha value is -2.83. The molecule has 1 unspecified atom stereocenters. The quantitative estimate of drug-likeness (QED) is 0.298. The van der Waals surface area contributed by atoms with E-state index < -0.39 is 23.9 Å². The minimum atomic E-state index is -0.853. The molecular weight excluding hydrogens is 356 g/mol. The molecule has 6 heteroatoms. The van der Waals surface area contributed by atoms with Gasteiger partial charge >= 0.3 is 11.9 Å². The second kappa shape index (κ2) is 10.5. The lowest BCUT2D eigenvalue weighted by molar-refractivity contribution is -0.161. The molecule has 0 radical (unpaired) electrons. The first-order valence-corrected chi connectivity index (χ1v) is 9.35. The van der Waals surface area contributed by atoms with Crippen molar-refractivity contribution >= 4 is 17.7 Å². The lowest BCUT2D eigenvalue weighted by Crippen LogP contribution is -2.34. The highest BCUT2D eigenvalue weighted by atomic mass is 16.6. The SMILES string of the molecule is CC(C(=O)OC(=O)[C@H](N)CCCCN)c1cccc(C(=O)c2ccccc2)c1. The fraction of sp³-hybridized carbons (Fsp3) is 0.318. The van der Waals surface area contributed by atoms with Crippen molar-refractivity contribution in [2.24, 2.45) is 11.5 Å². The number of ether oxygens (including phenoxy) is 1. The molecule has 0 saturated carbocycles. The summed E-state index contributed by atoms with van der Waals surface area (Å²) in [5.74, 6) is -2.28. The molecule has 0 spiro atoms. The van der Waals surface area contributed by atoms with Crippen LogP contribution in [0.4, 0.5) is 0 Å². The van der Waals surface area contributed by atoms with Crippen molar-refractivity contribution in [2.45, 2.75) is 38.1 Å². The molecule has 2 rings (SSSR count). The minimum Gasteiger partial charge on any atom is -0.392 e. The highest BCUT2D eigenvalue weighted by Crippen LogP contribution is 2.20. The number of rotatable bonds is 9. The molecule has 2 atom stereocenters. The normalized spacial score (nSPS) is 12.8. The van der Waals surface area contributed by atoms with E-state index in [4.69, 9.17) is 16.2 Å². The summed E-state index contributed by atoms with van der Waals surface area (Å²) in [6.07, 6.45) is 1.87. The predicted octanol–water partition coefficient (Wildman–Crippen LogP) is 2.55. The summed E-state index contributed by atoms with van der Waals surface area (Å²) in [5, 5.41) is 0. The van der Waals surface area contributed by atoms with Gasteiger partial charge in [-0.15, -0.1) is 0 Å². The van der Waals surface area contributed by atoms with Gasteiger partial charge in [0.15, 0.2) is 5.78 Å². The van der Waals surface area contributed by atoms with Gasteiger partial charge in [-0.25, -0.2) is 4.79 Å². The Morgan fingerprint density at radius 1 is 0.929 bits per heavy atom. The summed E-state index contributed by atoms with van der Waals surface area (Å²) in [4.78, 5) is 36.9. The third kappa shape index (κ3) is 5.84. The van der Waals surface area contributed by atoms with E-state index >= 15 is 0 Å². The van der Waals surface area contributed by atoms with Gasteiger partial charge in [0, 0.05) is 11.1 Å². The molecule has 148 valence electrons. The van der Waals surface area contributed by atoms with Crippen molar-refractivity contribution in [3.05, 3.63) is 71.3 Å². The second-order valence-electron chi connectivity index (χ2n) is 6.67. The average Bonchev–Trinajstić information content (AvgIpc) is 2.73. The molecular formula is C22H26N2O4. The molecule has 0 aliphatic heterocycles. The number of benzene rings is 2. The van der Waals surface area contributed by atoms with Gasteiger partial charge in [0.2, 0.25) is 0 Å². The number of unbranched alkanes of at least 4 members (excludes halogenated alkanes) is 1. The van der Waals surface area contributed by atoms with E-state index in [0.717, 1.165) is 6.42 Å². The summed E-state index contributed by atoms with van der Waals surface area (Å²) in [6.45, 7) is 2.15. The maximum absolute atomic E-state index is 12.6. The van der Waals surface area contributed by atoms with E-state index in [2.05, 4.69) is 0 Å². The summed E-state index contributed by atoms with van der Waals surface area (Å²) in [6, 6.07) is 14.8. The molecule has 0 bridgehead atoms. The molecule has 6 nitrogen and oxygen atoms in total. The van der Waals surface area contributed by atoms with Crippen LogP contribution in [0.3, 0.4) is 0 Å². The second-order valence-corrected chi connectivity index (χ2v) is 6.67. The van der Waals surface area contributed by atoms with Crippen molar-refractivity contribution < 1.29 is 19.1 Å². The van der Waals surface area contributed by atoms with Crippen molar-refractivity contribution in [1.29, 1.82) is 0 Å². The molecule has 2 aromatic rings. The topological polar surface area (TPSA) is 112 Å². The van der Waals surface area contributed by atoms with E-state index in [9.17, 15) is 14.4 Å². The number of carbonyl (C=O) groups is 3. The van der Waals surface area contributed by atoms with Gasteiger partial charge in [-0.3, -0.25) is 9.59 Å². The van der Waals surface area contributed by atoms with Crippen LogP contribution >= 0.6 is 0 Å². The van der Waals surface area contributed by atoms with E-state index in [1.807, 2.05) is 6.07 Å². The molecule has 4 N–H and O–H groups in total. The van der Waals surface area contributed by atoms with Crippen LogP contribution in [0.15, 0.2) is 54.6 Å². The summed E-state index contributed by atoms with van der Waals surface area (Å²) >= 11 is 0. The fourth-order valence-electron chi connectivity index (χ4n) is 2.73. The van der Waals surface area contributed by atoms with Gasteiger partial charge in [0.05, 0.1) is 5.92 Å². The van der Waals surface area contributed by atoms with Gasteiger partial charge in [0.25, 0.3) is 0 Å². The standard InChI is InChI=1S/C22H26N2O4/c1-15(21(26)28-22(27)19(24)12-5-6-13-23)17-10-7-11-18(14-17)20(25)16-8-3-2-4-9-16/h2-4,7-11,14-15,19H,5-6,12-13,23-24H2,1H3/t15?,19-/m1/s1. The van der Waals surface area contributed by atoms with E-state index in [-0.39, 0.29) is 5.78 Å². The summed E-state index contributed by atoms with van der Waals surface area (Å²) in [7, 11) is 0. The van der Waals surface area contributed by atoms with Gasteiger partial charge in [-0.2, -0.15) is 0 Å². The molecule has 0 aliphatic carbocycles. The van der Waals surface area contributed by atoms with Gasteiger partial charge in [-0.1, -0.05) is 55.0 Å². The lowest BCUT2D eigenvalue weighted by atomic mass is 9.96. The predicted molar refractivity (Wildman–Crippen MR) is 107 cm³/mol. The van der Waals surface area contributed by atoms with Crippen LogP contribution in [0, 0.1) is 0 Å². The van der Waals surface area contributed by atoms with Crippen molar-refractivity contribution in [1.82, 2.24) is 0 Å². The number of esters is 2. The molecule has 0 fully saturated rings. The van der Waals surface area contributed by atoms with Crippen LogP contribution in [0.25, 0.3) is 0 Å². The zero-order valence-corrected chi connectivity index (χ0v) is 16.0. The number of hydrogen-bond donors (Lipinski definition) is 2. The number of hydrogen-bond acceptors (Lipinski definition) is 6. The van der Waals surface area contributed by atoms with E-state index in [1.54, 1.807) is 55.5 Å². The molecule has 0 aromatic heterocycles. The lowest BCUT2D eigenvalue weighted by Gasteiger charge is -2.14. The molecule has 0 amide bonds. The number of carbonyl (C=O) groups excluding carboxylic acids is 3. The first-order valence-electron chi connectivity index (χ1n) is 9.35. The summed E-state index contributed by atoms with van der Waals surface area (Å²) < 4.78 is 4.93. The number of ketones is 1. The maximum Gasteiger partial charge on any atom is 0.330 e. The van der Waals surface area contributed by atoms with Crippen LogP contribution in [-0.2, 0) is 14.3 Å². The Morgan fingerprint density at radius 3 is 2.29 bits per heavy atom. The molecule has 0 heterocycles. The van der Waals surface area contributed by atoms with Crippen molar-refractivity contribution in [2.75, 3.05) is 6.54 Å². The smallest absolute Gasteiger partial charge is 0.330 e. The Kier molecular flexibility index (Phi) is 8.04. The van der Waals surface area contributed by atoms with Crippen LogP contribution < -0.4 is 11.5 Å². The third-order valence-corrected chi connectivity index (χ3v) is 4.51. The van der Waals surface area contributed by atoms with Crippen molar-refractivity contribution in [3.63, 3.8) is 0 Å². The highest BCUT2D eigenvalue weighted by molar-refractivity contribution is 6.09. The first kappa shape index (κ1) is 21.5. The minimum absolute atomic E-state index is 0.138. The van der Waals surface area contributed by atoms with E-state index in [0.29, 0.717) is 36.1 Å². The van der Waals surface area contributed by atoms with Crippen LogP contribution in [0.2, 0.25) is 0 Å². The van der Waals surface area contributed by atoms with Crippen LogP contribution in [0.1, 0.15) is 53.6 Å². The van der Waals surface area contributed by atoms with Gasteiger partial charge in [-0.05, 0) is 37.9 Å². The largest absolute Gasteiger partial charge is 0.392 e.